The number of benzene rings is 3. The van der Waals surface area contributed by atoms with Crippen LogP contribution >= 0.6 is 39.1 Å². The Hall–Kier alpha value is -2.59. The van der Waals surface area contributed by atoms with Gasteiger partial charge in [0.2, 0.25) is 11.8 Å². The zero-order valence-corrected chi connectivity index (χ0v) is 27.2. The molecule has 1 aliphatic rings. The van der Waals surface area contributed by atoms with E-state index in [2.05, 4.69) is 21.2 Å². The fourth-order valence-electron chi connectivity index (χ4n) is 5.18. The summed E-state index contributed by atoms with van der Waals surface area (Å²) in [4.78, 5) is 29.3. The van der Waals surface area contributed by atoms with Crippen LogP contribution < -0.4 is 9.62 Å². The Kier molecular flexibility index (Phi) is 11.3. The molecule has 11 heteroatoms. The van der Waals surface area contributed by atoms with Gasteiger partial charge in [-0.3, -0.25) is 13.9 Å². The second kappa shape index (κ2) is 14.7. The number of halogens is 3. The van der Waals surface area contributed by atoms with E-state index in [4.69, 9.17) is 23.2 Å². The Morgan fingerprint density at radius 3 is 2.31 bits per heavy atom. The zero-order chi connectivity index (χ0) is 30.3. The van der Waals surface area contributed by atoms with Gasteiger partial charge in [-0.25, -0.2) is 8.42 Å². The summed E-state index contributed by atoms with van der Waals surface area (Å²) in [7, 11) is -4.13. The highest BCUT2D eigenvalue weighted by Gasteiger charge is 2.34. The van der Waals surface area contributed by atoms with Gasteiger partial charge in [-0.15, -0.1) is 0 Å². The summed E-state index contributed by atoms with van der Waals surface area (Å²) in [5, 5.41) is 3.84. The van der Waals surface area contributed by atoms with Crippen LogP contribution in [0.5, 0.6) is 0 Å². The third-order valence-electron chi connectivity index (χ3n) is 7.38. The van der Waals surface area contributed by atoms with E-state index in [1.165, 1.54) is 17.0 Å². The first-order chi connectivity index (χ1) is 20.1. The fraction of sp³-hybridized carbons (Fsp3) is 0.355. The number of anilines is 1. The van der Waals surface area contributed by atoms with Crippen molar-refractivity contribution in [1.29, 1.82) is 0 Å². The fourth-order valence-corrected chi connectivity index (χ4v) is 7.31. The van der Waals surface area contributed by atoms with Gasteiger partial charge in [0.25, 0.3) is 10.0 Å². The van der Waals surface area contributed by atoms with E-state index in [0.717, 1.165) is 36.4 Å². The number of hydrogen-bond donors (Lipinski definition) is 1. The first-order valence-corrected chi connectivity index (χ1v) is 17.0. The lowest BCUT2D eigenvalue weighted by molar-refractivity contribution is -0.140. The molecule has 0 unspecified atom stereocenters. The van der Waals surface area contributed by atoms with Crippen LogP contribution in [0.3, 0.4) is 0 Å². The Balaban J connectivity index is 1.71. The molecule has 2 amide bonds. The molecule has 7 nitrogen and oxygen atoms in total. The Bertz CT molecular complexity index is 1500. The number of amides is 2. The molecule has 0 heterocycles. The Labute approximate surface area is 266 Å². The third kappa shape index (κ3) is 8.07. The average molecular weight is 696 g/mol. The molecule has 3 aromatic rings. The average Bonchev–Trinajstić information content (AvgIpc) is 2.98. The summed E-state index contributed by atoms with van der Waals surface area (Å²) in [6, 6.07) is 19.0. The number of nitrogens with one attached hydrogen (secondary N) is 1. The molecule has 4 rings (SSSR count). The highest BCUT2D eigenvalue weighted by atomic mass is 79.9. The van der Waals surface area contributed by atoms with E-state index in [1.54, 1.807) is 60.7 Å². The molecule has 1 atom stereocenters. The second-order valence-corrected chi connectivity index (χ2v) is 13.9. The predicted octanol–water partition coefficient (Wildman–Crippen LogP) is 7.21. The quantitative estimate of drug-likeness (QED) is 0.230. The van der Waals surface area contributed by atoms with Gasteiger partial charge >= 0.3 is 0 Å². The van der Waals surface area contributed by atoms with E-state index in [-0.39, 0.29) is 23.4 Å². The molecule has 3 aromatic carbocycles. The summed E-state index contributed by atoms with van der Waals surface area (Å²) in [5.41, 5.74) is 0.984. The number of hydrogen-bond acceptors (Lipinski definition) is 4. The molecule has 1 N–H and O–H groups in total. The molecule has 0 aliphatic heterocycles. The van der Waals surface area contributed by atoms with Gasteiger partial charge in [0.05, 0.1) is 20.6 Å². The monoisotopic (exact) mass is 693 g/mol. The molecule has 224 valence electrons. The van der Waals surface area contributed by atoms with E-state index < -0.39 is 28.5 Å². The standard InChI is InChI=1S/C31H34BrCl2N3O4S/c1-2-29(31(39)35-24-11-5-3-6-12-24)36(20-22-16-17-27(33)28(34)18-22)30(38)21-37(25-13-9-10-23(32)19-25)42(40,41)26-14-7-4-8-15-26/h4,7-10,13-19,24,29H,2-3,5-6,11-12,20-21H2,1H3,(H,35,39)/t29-/m0/s1. The van der Waals surface area contributed by atoms with Crippen molar-refractivity contribution >= 4 is 66.7 Å². The molecule has 1 fully saturated rings. The van der Waals surface area contributed by atoms with Crippen molar-refractivity contribution in [2.45, 2.75) is 69.0 Å². The summed E-state index contributed by atoms with van der Waals surface area (Å²) in [6.07, 6.45) is 5.38. The molecule has 0 radical (unpaired) electrons. The molecular formula is C31H34BrCl2N3O4S. The minimum absolute atomic E-state index is 0.0457. The minimum Gasteiger partial charge on any atom is -0.352 e. The van der Waals surface area contributed by atoms with Gasteiger partial charge in [0, 0.05) is 17.1 Å². The predicted molar refractivity (Wildman–Crippen MR) is 171 cm³/mol. The van der Waals surface area contributed by atoms with E-state index >= 15 is 0 Å². The molecule has 0 aromatic heterocycles. The minimum atomic E-state index is -4.13. The zero-order valence-electron chi connectivity index (χ0n) is 23.3. The number of sulfonamides is 1. The van der Waals surface area contributed by atoms with Crippen LogP contribution in [0, 0.1) is 0 Å². The first-order valence-electron chi connectivity index (χ1n) is 14.0. The van der Waals surface area contributed by atoms with Crippen LogP contribution in [-0.2, 0) is 26.2 Å². The largest absolute Gasteiger partial charge is 0.352 e. The van der Waals surface area contributed by atoms with Gasteiger partial charge in [0.15, 0.2) is 0 Å². The summed E-state index contributed by atoms with van der Waals surface area (Å²) < 4.78 is 29.6. The molecule has 0 spiro atoms. The Morgan fingerprint density at radius 1 is 0.952 bits per heavy atom. The van der Waals surface area contributed by atoms with Crippen LogP contribution in [0.4, 0.5) is 5.69 Å². The third-order valence-corrected chi connectivity index (χ3v) is 10.4. The van der Waals surface area contributed by atoms with Gasteiger partial charge in [0.1, 0.15) is 12.6 Å². The van der Waals surface area contributed by atoms with Crippen molar-refractivity contribution in [3.05, 3.63) is 92.9 Å². The number of carbonyl (C=O) groups is 2. The first kappa shape index (κ1) is 32.3. The summed E-state index contributed by atoms with van der Waals surface area (Å²) in [6.45, 7) is 1.37. The summed E-state index contributed by atoms with van der Waals surface area (Å²) in [5.74, 6) is -0.774. The number of rotatable bonds is 11. The molecule has 1 saturated carbocycles. The normalized spacial score (nSPS) is 14.7. The molecule has 1 aliphatic carbocycles. The van der Waals surface area contributed by atoms with Crippen molar-refractivity contribution in [2.75, 3.05) is 10.8 Å². The summed E-state index contributed by atoms with van der Waals surface area (Å²) >= 11 is 15.8. The lowest BCUT2D eigenvalue weighted by Gasteiger charge is -2.34. The second-order valence-electron chi connectivity index (χ2n) is 10.3. The van der Waals surface area contributed by atoms with E-state index in [9.17, 15) is 18.0 Å². The van der Waals surface area contributed by atoms with Crippen LogP contribution in [-0.4, -0.2) is 43.8 Å². The van der Waals surface area contributed by atoms with Crippen LogP contribution in [0.2, 0.25) is 10.0 Å². The highest BCUT2D eigenvalue weighted by Crippen LogP contribution is 2.28. The van der Waals surface area contributed by atoms with Gasteiger partial charge < -0.3 is 10.2 Å². The molecular weight excluding hydrogens is 661 g/mol. The van der Waals surface area contributed by atoms with E-state index in [0.29, 0.717) is 32.2 Å². The maximum Gasteiger partial charge on any atom is 0.264 e. The Morgan fingerprint density at radius 2 is 1.67 bits per heavy atom. The number of nitrogens with zero attached hydrogens (tertiary/aromatic N) is 2. The highest BCUT2D eigenvalue weighted by molar-refractivity contribution is 9.10. The van der Waals surface area contributed by atoms with Crippen LogP contribution in [0.1, 0.15) is 51.0 Å². The van der Waals surface area contributed by atoms with Gasteiger partial charge in [-0.05, 0) is 67.3 Å². The van der Waals surface area contributed by atoms with Crippen molar-refractivity contribution in [3.63, 3.8) is 0 Å². The maximum absolute atomic E-state index is 14.2. The molecule has 0 saturated heterocycles. The SMILES string of the molecule is CC[C@@H](C(=O)NC1CCCCC1)N(Cc1ccc(Cl)c(Cl)c1)C(=O)CN(c1cccc(Br)c1)S(=O)(=O)c1ccccc1. The van der Waals surface area contributed by atoms with Crippen molar-refractivity contribution in [1.82, 2.24) is 10.2 Å². The lowest BCUT2D eigenvalue weighted by Crippen LogP contribution is -2.54. The van der Waals surface area contributed by atoms with Crippen molar-refractivity contribution in [2.24, 2.45) is 0 Å². The van der Waals surface area contributed by atoms with Gasteiger partial charge in [-0.1, -0.05) is 95.6 Å². The lowest BCUT2D eigenvalue weighted by atomic mass is 9.95. The molecule has 0 bridgehead atoms. The number of carbonyl (C=O) groups excluding carboxylic acids is 2. The van der Waals surface area contributed by atoms with Gasteiger partial charge in [-0.2, -0.15) is 0 Å². The topological polar surface area (TPSA) is 86.8 Å². The van der Waals surface area contributed by atoms with Crippen molar-refractivity contribution in [3.8, 4) is 0 Å². The maximum atomic E-state index is 14.2. The van der Waals surface area contributed by atoms with Crippen LogP contribution in [0.15, 0.2) is 82.2 Å². The smallest absolute Gasteiger partial charge is 0.264 e. The van der Waals surface area contributed by atoms with E-state index in [1.807, 2.05) is 6.92 Å². The molecule has 42 heavy (non-hydrogen) atoms. The van der Waals surface area contributed by atoms with Crippen molar-refractivity contribution < 1.29 is 18.0 Å². The van der Waals surface area contributed by atoms with Crippen LogP contribution in [0.25, 0.3) is 0 Å².